The van der Waals surface area contributed by atoms with E-state index < -0.39 is 162 Å². The van der Waals surface area contributed by atoms with Gasteiger partial charge in [-0.1, -0.05) is 102 Å². The van der Waals surface area contributed by atoms with Crippen LogP contribution in [-0.2, 0) is 64.0 Å². The van der Waals surface area contributed by atoms with Crippen LogP contribution in [0.1, 0.15) is 134 Å². The highest BCUT2D eigenvalue weighted by molar-refractivity contribution is 7.98. The largest absolute Gasteiger partial charge is 0.508 e. The fourth-order valence-corrected chi connectivity index (χ4v) is 8.85. The van der Waals surface area contributed by atoms with Crippen molar-refractivity contribution in [1.29, 1.82) is 0 Å². The van der Waals surface area contributed by atoms with E-state index in [2.05, 4.69) is 47.9 Å². The molecule has 1 aromatic carbocycles. The Labute approximate surface area is 491 Å². The van der Waals surface area contributed by atoms with Gasteiger partial charge in [0.25, 0.3) is 0 Å². The maximum atomic E-state index is 14.4. The van der Waals surface area contributed by atoms with E-state index in [-0.39, 0.29) is 55.6 Å². The summed E-state index contributed by atoms with van der Waals surface area (Å²) >= 11 is 1.40. The number of benzene rings is 1. The molecule has 0 saturated carbocycles. The Morgan fingerprint density at radius 1 is 0.482 bits per heavy atom. The molecule has 468 valence electrons. The molecule has 0 bridgehead atoms. The molecule has 1 aromatic rings. The van der Waals surface area contributed by atoms with Crippen molar-refractivity contribution >= 4 is 82.7 Å². The monoisotopic (exact) mass is 1190 g/mol. The molecule has 0 fully saturated rings. The van der Waals surface area contributed by atoms with Crippen LogP contribution >= 0.6 is 11.8 Å². The summed E-state index contributed by atoms with van der Waals surface area (Å²) < 4.78 is 0. The highest BCUT2D eigenvalue weighted by Gasteiger charge is 2.38. The summed E-state index contributed by atoms with van der Waals surface area (Å²) in [5.41, 5.74) is 17.5. The minimum absolute atomic E-state index is 0.0148. The number of aromatic hydroxyl groups is 1. The van der Waals surface area contributed by atoms with Crippen LogP contribution in [0.5, 0.6) is 5.75 Å². The standard InChI is InChI=1S/C56H94N12O14S/c1-14-32(12)46(68-52(77)40(26-42(58)71)64-48(73)36(21-22-83-13)61-53(78)43(59)29(6)7)55(80)65-38(24-28(4)5)50(75)62-37(23-27(2)3)49(74)60-35(19-20-41(57)70)47(72)63-39(25-33-15-17-34(69)18-16-33)51(76)66-44(30(8)9)54(79)67-45(31(10)11)56(81)82/h15-18,27-32,35-40,43-46,69H,14,19-26,59H2,1-13H3,(H2,57,70)(H2,58,71)(H,60,74)(H,61,78)(H,62,75)(H,63,72)(H,64,73)(H,65,80)(H,66,76)(H,67,79)(H,68,77)(H,81,82)/t32-,35-,36-,37-,38-,39-,40-,43-,44-,45-,46-/m0/s1. The van der Waals surface area contributed by atoms with Gasteiger partial charge in [0.2, 0.25) is 65.0 Å². The summed E-state index contributed by atoms with van der Waals surface area (Å²) in [5.74, 6) is -12.8. The highest BCUT2D eigenvalue weighted by Crippen LogP contribution is 2.17. The van der Waals surface area contributed by atoms with Gasteiger partial charge in [0.05, 0.1) is 12.5 Å². The van der Waals surface area contributed by atoms with Crippen molar-refractivity contribution in [3.05, 3.63) is 29.8 Å². The van der Waals surface area contributed by atoms with Gasteiger partial charge in [0, 0.05) is 12.8 Å². The van der Waals surface area contributed by atoms with E-state index in [9.17, 15) is 67.7 Å². The van der Waals surface area contributed by atoms with E-state index in [1.807, 2.05) is 0 Å². The van der Waals surface area contributed by atoms with Crippen molar-refractivity contribution in [1.82, 2.24) is 47.9 Å². The van der Waals surface area contributed by atoms with Crippen molar-refractivity contribution in [2.75, 3.05) is 12.0 Å². The number of rotatable bonds is 38. The second-order valence-electron chi connectivity index (χ2n) is 22.9. The third-order valence-electron chi connectivity index (χ3n) is 13.6. The number of hydrogen-bond donors (Lipinski definition) is 14. The molecule has 27 heteroatoms. The number of hydrogen-bond acceptors (Lipinski definition) is 15. The molecule has 1 rings (SSSR count). The fourth-order valence-electron chi connectivity index (χ4n) is 8.38. The highest BCUT2D eigenvalue weighted by atomic mass is 32.2. The maximum Gasteiger partial charge on any atom is 0.326 e. The van der Waals surface area contributed by atoms with E-state index >= 15 is 0 Å². The Morgan fingerprint density at radius 2 is 0.880 bits per heavy atom. The summed E-state index contributed by atoms with van der Waals surface area (Å²) in [6.07, 6.45) is 0.536. The Kier molecular flexibility index (Phi) is 32.6. The summed E-state index contributed by atoms with van der Waals surface area (Å²) in [7, 11) is 0. The number of nitrogens with one attached hydrogen (secondary N) is 9. The van der Waals surface area contributed by atoms with Gasteiger partial charge >= 0.3 is 5.97 Å². The average molecular weight is 1190 g/mol. The first-order chi connectivity index (χ1) is 38.6. The first-order valence-corrected chi connectivity index (χ1v) is 29.6. The molecule has 0 aliphatic rings. The molecule has 0 heterocycles. The zero-order valence-electron chi connectivity index (χ0n) is 50.3. The van der Waals surface area contributed by atoms with Gasteiger partial charge in [-0.3, -0.25) is 52.7 Å². The second-order valence-corrected chi connectivity index (χ2v) is 23.9. The summed E-state index contributed by atoms with van der Waals surface area (Å²) in [6, 6.07) is -7.74. The number of carboxylic acid groups (broad SMARTS) is 1. The molecule has 0 aromatic heterocycles. The minimum atomic E-state index is -1.60. The van der Waals surface area contributed by atoms with Gasteiger partial charge in [0.15, 0.2) is 0 Å². The average Bonchev–Trinajstić information content (AvgIpc) is 3.50. The first kappa shape index (κ1) is 74.0. The van der Waals surface area contributed by atoms with Gasteiger partial charge < -0.3 is 75.3 Å². The smallest absolute Gasteiger partial charge is 0.326 e. The van der Waals surface area contributed by atoms with E-state index in [0.717, 1.165) is 0 Å². The molecule has 11 atom stereocenters. The SMILES string of the molecule is CC[C@H](C)[C@H](NC(=O)[C@H](CC(N)=O)NC(=O)[C@H](CCSC)NC(=O)[C@@H](N)C(C)C)C(=O)N[C@@H](CC(C)C)C(=O)N[C@@H](CC(C)C)C(=O)N[C@@H](CCC(N)=O)C(=O)N[C@@H](Cc1ccc(O)cc1)C(=O)N[C@H](C(=O)N[C@H](C(=O)O)C(C)C)C(C)C. The molecule has 0 radical (unpaired) electrons. The lowest BCUT2D eigenvalue weighted by atomic mass is 9.95. The molecule has 0 aliphatic heterocycles. The van der Waals surface area contributed by atoms with E-state index in [1.54, 1.807) is 89.3 Å². The normalized spacial score (nSPS) is 15.4. The van der Waals surface area contributed by atoms with Crippen molar-refractivity contribution in [2.45, 2.75) is 195 Å². The molecule has 0 saturated heterocycles. The molecule has 11 amide bonds. The Morgan fingerprint density at radius 3 is 1.33 bits per heavy atom. The van der Waals surface area contributed by atoms with Crippen molar-refractivity contribution in [3.8, 4) is 5.75 Å². The van der Waals surface area contributed by atoms with Gasteiger partial charge in [-0.15, -0.1) is 0 Å². The number of aliphatic carboxylic acids is 1. The number of amides is 11. The molecule has 83 heavy (non-hydrogen) atoms. The van der Waals surface area contributed by atoms with Gasteiger partial charge in [-0.05, 0) is 90.9 Å². The van der Waals surface area contributed by atoms with Gasteiger partial charge in [0.1, 0.15) is 60.1 Å². The quantitative estimate of drug-likeness (QED) is 0.0405. The molecule has 0 spiro atoms. The predicted molar refractivity (Wildman–Crippen MR) is 313 cm³/mol. The number of carbonyl (C=O) groups is 12. The predicted octanol–water partition coefficient (Wildman–Crippen LogP) is -0.290. The number of thioether (sulfide) groups is 1. The van der Waals surface area contributed by atoms with Crippen LogP contribution in [0.4, 0.5) is 0 Å². The molecular weight excluding hydrogens is 1100 g/mol. The summed E-state index contributed by atoms with van der Waals surface area (Å²) in [4.78, 5) is 162. The van der Waals surface area contributed by atoms with E-state index in [4.69, 9.17) is 17.2 Å². The number of primary amides is 2. The van der Waals surface area contributed by atoms with Crippen LogP contribution < -0.4 is 65.1 Å². The summed E-state index contributed by atoms with van der Waals surface area (Å²) in [5, 5.41) is 43.1. The van der Waals surface area contributed by atoms with Gasteiger partial charge in [-0.2, -0.15) is 11.8 Å². The lowest BCUT2D eigenvalue weighted by Gasteiger charge is -2.30. The Bertz CT molecular complexity index is 2370. The molecule has 0 unspecified atom stereocenters. The number of phenolic OH excluding ortho intramolecular Hbond substituents is 1. The van der Waals surface area contributed by atoms with Crippen molar-refractivity contribution < 1.29 is 67.7 Å². The van der Waals surface area contributed by atoms with Crippen LogP contribution in [0, 0.1) is 35.5 Å². The van der Waals surface area contributed by atoms with Crippen LogP contribution in [0.25, 0.3) is 0 Å². The van der Waals surface area contributed by atoms with Crippen LogP contribution in [-0.4, -0.2) is 154 Å². The van der Waals surface area contributed by atoms with Crippen LogP contribution in [0.15, 0.2) is 24.3 Å². The molecule has 17 N–H and O–H groups in total. The van der Waals surface area contributed by atoms with E-state index in [0.29, 0.717) is 17.7 Å². The Hall–Kier alpha value is -7.03. The number of nitrogens with two attached hydrogens (primary N) is 3. The molecule has 0 aliphatic carbocycles. The maximum absolute atomic E-state index is 14.4. The number of phenols is 1. The van der Waals surface area contributed by atoms with Crippen molar-refractivity contribution in [2.24, 2.45) is 52.7 Å². The van der Waals surface area contributed by atoms with E-state index in [1.165, 1.54) is 36.0 Å². The first-order valence-electron chi connectivity index (χ1n) is 28.2. The lowest BCUT2D eigenvalue weighted by molar-refractivity contribution is -0.144. The third-order valence-corrected chi connectivity index (χ3v) is 14.2. The number of carbonyl (C=O) groups excluding carboxylic acids is 11. The summed E-state index contributed by atoms with van der Waals surface area (Å²) in [6.45, 7) is 20.3. The van der Waals surface area contributed by atoms with Crippen LogP contribution in [0.3, 0.4) is 0 Å². The zero-order valence-corrected chi connectivity index (χ0v) is 51.2. The lowest BCUT2D eigenvalue weighted by Crippen LogP contribution is -2.62. The third kappa shape index (κ3) is 26.8. The minimum Gasteiger partial charge on any atom is -0.508 e. The molecule has 26 nitrogen and oxygen atoms in total. The second kappa shape index (κ2) is 36.5. The van der Waals surface area contributed by atoms with Crippen LogP contribution in [0.2, 0.25) is 0 Å². The molecular formula is C56H94N12O14S. The Balaban J connectivity index is 3.64. The fraction of sp³-hybridized carbons (Fsp3) is 0.679. The zero-order chi connectivity index (χ0) is 63.6. The topological polar surface area (TPSA) is 432 Å². The van der Waals surface area contributed by atoms with Gasteiger partial charge in [-0.25, -0.2) is 4.79 Å². The number of carboxylic acids is 1. The van der Waals surface area contributed by atoms with Crippen molar-refractivity contribution in [3.63, 3.8) is 0 Å².